The summed E-state index contributed by atoms with van der Waals surface area (Å²) in [6, 6.07) is 7.67. The summed E-state index contributed by atoms with van der Waals surface area (Å²) < 4.78 is 10.6. The van der Waals surface area contributed by atoms with E-state index in [2.05, 4.69) is 5.32 Å². The second-order valence-corrected chi connectivity index (χ2v) is 4.99. The lowest BCUT2D eigenvalue weighted by molar-refractivity contribution is 0.0954. The van der Waals surface area contributed by atoms with E-state index in [0.29, 0.717) is 6.54 Å². The van der Waals surface area contributed by atoms with Crippen LogP contribution >= 0.6 is 11.3 Å². The second kappa shape index (κ2) is 5.32. The highest BCUT2D eigenvalue weighted by Gasteiger charge is 2.13. The van der Waals surface area contributed by atoms with Crippen molar-refractivity contribution in [3.05, 3.63) is 46.2 Å². The van der Waals surface area contributed by atoms with Crippen molar-refractivity contribution < 1.29 is 14.3 Å². The Morgan fingerprint density at radius 1 is 1.26 bits per heavy atom. The van der Waals surface area contributed by atoms with Crippen LogP contribution in [0.3, 0.4) is 0 Å². The summed E-state index contributed by atoms with van der Waals surface area (Å²) in [4.78, 5) is 11.7. The Morgan fingerprint density at radius 2 is 2.16 bits per heavy atom. The molecule has 1 aromatic heterocycles. The third-order valence-electron chi connectivity index (χ3n) is 2.92. The normalized spacial score (nSPS) is 12.4. The van der Waals surface area contributed by atoms with Gasteiger partial charge in [0.1, 0.15) is 0 Å². The molecule has 98 valence electrons. The van der Waals surface area contributed by atoms with Crippen molar-refractivity contribution in [3.8, 4) is 11.5 Å². The summed E-state index contributed by atoms with van der Waals surface area (Å²) in [6.07, 6.45) is 0.770. The first-order valence-electron chi connectivity index (χ1n) is 6.02. The van der Waals surface area contributed by atoms with Gasteiger partial charge in [-0.25, -0.2) is 0 Å². The smallest absolute Gasteiger partial charge is 0.252 e. The van der Waals surface area contributed by atoms with E-state index < -0.39 is 0 Å². The first kappa shape index (κ1) is 12.0. The number of ether oxygens (including phenoxy) is 2. The van der Waals surface area contributed by atoms with Gasteiger partial charge < -0.3 is 14.8 Å². The van der Waals surface area contributed by atoms with E-state index in [0.717, 1.165) is 29.0 Å². The summed E-state index contributed by atoms with van der Waals surface area (Å²) in [5.41, 5.74) is 1.84. The van der Waals surface area contributed by atoms with Gasteiger partial charge in [-0.1, -0.05) is 6.07 Å². The summed E-state index contributed by atoms with van der Waals surface area (Å²) in [5, 5.41) is 6.64. The average Bonchev–Trinajstić information content (AvgIpc) is 3.09. The van der Waals surface area contributed by atoms with Crippen molar-refractivity contribution in [2.24, 2.45) is 0 Å². The highest BCUT2D eigenvalue weighted by atomic mass is 32.1. The van der Waals surface area contributed by atoms with Crippen LogP contribution in [0.15, 0.2) is 35.0 Å². The maximum absolute atomic E-state index is 11.7. The van der Waals surface area contributed by atoms with E-state index in [1.807, 2.05) is 35.0 Å². The van der Waals surface area contributed by atoms with Gasteiger partial charge in [-0.2, -0.15) is 11.3 Å². The lowest BCUT2D eigenvalue weighted by Crippen LogP contribution is -2.25. The number of hydrogen-bond donors (Lipinski definition) is 1. The molecule has 1 N–H and O–H groups in total. The molecule has 1 amide bonds. The first-order chi connectivity index (χ1) is 9.33. The van der Waals surface area contributed by atoms with E-state index in [9.17, 15) is 4.79 Å². The molecule has 0 unspecified atom stereocenters. The van der Waals surface area contributed by atoms with Crippen molar-refractivity contribution in [1.82, 2.24) is 5.32 Å². The number of hydrogen-bond acceptors (Lipinski definition) is 4. The van der Waals surface area contributed by atoms with Gasteiger partial charge in [0.05, 0.1) is 0 Å². The largest absolute Gasteiger partial charge is 0.454 e. The number of carbonyl (C=O) groups excluding carboxylic acids is 1. The van der Waals surface area contributed by atoms with Gasteiger partial charge in [-0.15, -0.1) is 0 Å². The molecule has 0 atom stereocenters. The maximum atomic E-state index is 11.7. The van der Waals surface area contributed by atoms with Crippen LogP contribution in [0.1, 0.15) is 15.9 Å². The molecule has 0 spiro atoms. The Labute approximate surface area is 115 Å². The number of fused-ring (bicyclic) bond motifs is 1. The Kier molecular flexibility index (Phi) is 3.37. The van der Waals surface area contributed by atoms with Gasteiger partial charge in [0, 0.05) is 17.5 Å². The molecule has 0 fully saturated rings. The van der Waals surface area contributed by atoms with Crippen LogP contribution in [0.25, 0.3) is 0 Å². The molecule has 19 heavy (non-hydrogen) atoms. The van der Waals surface area contributed by atoms with Crippen molar-refractivity contribution in [3.63, 3.8) is 0 Å². The Bertz CT molecular complexity index is 580. The zero-order chi connectivity index (χ0) is 13.1. The van der Waals surface area contributed by atoms with Crippen LogP contribution in [0.5, 0.6) is 11.5 Å². The second-order valence-electron chi connectivity index (χ2n) is 4.21. The molecule has 0 saturated heterocycles. The zero-order valence-electron chi connectivity index (χ0n) is 10.2. The molecule has 2 heterocycles. The zero-order valence-corrected chi connectivity index (χ0v) is 11.0. The van der Waals surface area contributed by atoms with E-state index in [1.165, 1.54) is 11.3 Å². The number of nitrogens with one attached hydrogen (secondary N) is 1. The molecule has 0 aliphatic carbocycles. The summed E-state index contributed by atoms with van der Waals surface area (Å²) in [7, 11) is 0. The molecular weight excluding hydrogens is 262 g/mol. The van der Waals surface area contributed by atoms with Crippen molar-refractivity contribution in [2.75, 3.05) is 13.3 Å². The monoisotopic (exact) mass is 275 g/mol. The number of amides is 1. The first-order valence-corrected chi connectivity index (χ1v) is 6.96. The molecule has 3 rings (SSSR count). The Hall–Kier alpha value is -2.01. The van der Waals surface area contributed by atoms with Crippen LogP contribution in [-0.2, 0) is 6.42 Å². The SMILES string of the molecule is O=C(NCCc1ccc2c(c1)OCO2)c1ccsc1. The molecule has 0 saturated carbocycles. The van der Waals surface area contributed by atoms with Gasteiger partial charge >= 0.3 is 0 Å². The minimum atomic E-state index is -0.0259. The van der Waals surface area contributed by atoms with Gasteiger partial charge in [-0.05, 0) is 35.6 Å². The van der Waals surface area contributed by atoms with E-state index >= 15 is 0 Å². The maximum Gasteiger partial charge on any atom is 0.252 e. The number of carbonyl (C=O) groups is 1. The topological polar surface area (TPSA) is 47.6 Å². The molecular formula is C14H13NO3S. The minimum Gasteiger partial charge on any atom is -0.454 e. The predicted octanol–water partition coefficient (Wildman–Crippen LogP) is 2.45. The fraction of sp³-hybridized carbons (Fsp3) is 0.214. The van der Waals surface area contributed by atoms with Crippen LogP contribution in [0.2, 0.25) is 0 Å². The van der Waals surface area contributed by atoms with Crippen molar-refractivity contribution >= 4 is 17.2 Å². The van der Waals surface area contributed by atoms with E-state index in [-0.39, 0.29) is 12.7 Å². The Morgan fingerprint density at radius 3 is 3.00 bits per heavy atom. The standard InChI is InChI=1S/C14H13NO3S/c16-14(11-4-6-19-8-11)15-5-3-10-1-2-12-13(7-10)18-9-17-12/h1-2,4,6-8H,3,5,9H2,(H,15,16). The van der Waals surface area contributed by atoms with Gasteiger partial charge in [-0.3, -0.25) is 4.79 Å². The summed E-state index contributed by atoms with van der Waals surface area (Å²) in [5.74, 6) is 1.54. The predicted molar refractivity (Wildman–Crippen MR) is 72.9 cm³/mol. The lowest BCUT2D eigenvalue weighted by Gasteiger charge is -2.05. The number of thiophene rings is 1. The third kappa shape index (κ3) is 2.71. The molecule has 2 aromatic rings. The summed E-state index contributed by atoms with van der Waals surface area (Å²) in [6.45, 7) is 0.891. The fourth-order valence-corrected chi connectivity index (χ4v) is 2.55. The quantitative estimate of drug-likeness (QED) is 0.932. The molecule has 0 radical (unpaired) electrons. The van der Waals surface area contributed by atoms with Gasteiger partial charge in [0.2, 0.25) is 6.79 Å². The molecule has 0 bridgehead atoms. The summed E-state index contributed by atoms with van der Waals surface area (Å²) >= 11 is 1.52. The Balaban J connectivity index is 1.54. The van der Waals surface area contributed by atoms with Crippen molar-refractivity contribution in [2.45, 2.75) is 6.42 Å². The fourth-order valence-electron chi connectivity index (χ4n) is 1.91. The molecule has 4 nitrogen and oxygen atoms in total. The van der Waals surface area contributed by atoms with Crippen LogP contribution in [0, 0.1) is 0 Å². The van der Waals surface area contributed by atoms with E-state index in [4.69, 9.17) is 9.47 Å². The highest BCUT2D eigenvalue weighted by molar-refractivity contribution is 7.08. The van der Waals surface area contributed by atoms with Crippen LogP contribution in [0.4, 0.5) is 0 Å². The van der Waals surface area contributed by atoms with Crippen LogP contribution < -0.4 is 14.8 Å². The molecule has 1 aromatic carbocycles. The number of rotatable bonds is 4. The third-order valence-corrected chi connectivity index (χ3v) is 3.60. The van der Waals surface area contributed by atoms with Gasteiger partial charge in [0.15, 0.2) is 11.5 Å². The van der Waals surface area contributed by atoms with Crippen LogP contribution in [-0.4, -0.2) is 19.2 Å². The van der Waals surface area contributed by atoms with Crippen molar-refractivity contribution in [1.29, 1.82) is 0 Å². The minimum absolute atomic E-state index is 0.0259. The molecule has 1 aliphatic rings. The molecule has 5 heteroatoms. The average molecular weight is 275 g/mol. The highest BCUT2D eigenvalue weighted by Crippen LogP contribution is 2.32. The lowest BCUT2D eigenvalue weighted by atomic mass is 10.1. The van der Waals surface area contributed by atoms with E-state index in [1.54, 1.807) is 0 Å². The molecule has 1 aliphatic heterocycles. The van der Waals surface area contributed by atoms with Gasteiger partial charge in [0.25, 0.3) is 5.91 Å². The number of benzene rings is 1.